The second-order valence-electron chi connectivity index (χ2n) is 7.36. The van der Waals surface area contributed by atoms with Gasteiger partial charge in [0.15, 0.2) is 23.9 Å². The fourth-order valence-corrected chi connectivity index (χ4v) is 3.46. The van der Waals surface area contributed by atoms with Crippen LogP contribution in [-0.4, -0.2) is 39.6 Å². The summed E-state index contributed by atoms with van der Waals surface area (Å²) in [5.41, 5.74) is 0.964. The van der Waals surface area contributed by atoms with Crippen LogP contribution in [0.25, 0.3) is 6.08 Å². The average Bonchev–Trinajstić information content (AvgIpc) is 3.18. The predicted octanol–water partition coefficient (Wildman–Crippen LogP) is 4.49. The third-order valence-corrected chi connectivity index (χ3v) is 5.18. The second-order valence-corrected chi connectivity index (χ2v) is 7.36. The monoisotopic (exact) mass is 479 g/mol. The highest BCUT2D eigenvalue weighted by Crippen LogP contribution is 2.39. The van der Waals surface area contributed by atoms with E-state index in [1.165, 1.54) is 45.6 Å². The lowest BCUT2D eigenvalue weighted by atomic mass is 10.1. The van der Waals surface area contributed by atoms with Crippen molar-refractivity contribution in [3.63, 3.8) is 0 Å². The summed E-state index contributed by atoms with van der Waals surface area (Å²) in [6.07, 6.45) is 1.55. The van der Waals surface area contributed by atoms with E-state index in [1.807, 2.05) is 0 Å². The van der Waals surface area contributed by atoms with Crippen LogP contribution in [0.3, 0.4) is 0 Å². The minimum Gasteiger partial charge on any atom is -0.496 e. The van der Waals surface area contributed by atoms with E-state index in [9.17, 15) is 14.0 Å². The van der Waals surface area contributed by atoms with E-state index in [1.54, 1.807) is 36.4 Å². The number of allylic oxidation sites excluding steroid dienone is 1. The molecule has 3 aromatic rings. The van der Waals surface area contributed by atoms with Crippen molar-refractivity contribution in [3.8, 4) is 28.7 Å². The van der Waals surface area contributed by atoms with Crippen LogP contribution in [0.4, 0.5) is 10.1 Å². The van der Waals surface area contributed by atoms with Crippen LogP contribution in [0, 0.1) is 5.82 Å². The maximum atomic E-state index is 13.7. The normalized spacial score (nSPS) is 13.1. The van der Waals surface area contributed by atoms with Gasteiger partial charge in [-0.05, 0) is 36.4 Å². The maximum Gasteiger partial charge on any atom is 0.262 e. The molecule has 0 bridgehead atoms. The topological polar surface area (TPSA) is 92.3 Å². The first-order valence-corrected chi connectivity index (χ1v) is 10.5. The Kier molecular flexibility index (Phi) is 6.86. The van der Waals surface area contributed by atoms with Crippen molar-refractivity contribution in [3.05, 3.63) is 77.3 Å². The molecule has 0 aromatic heterocycles. The molecule has 1 aliphatic rings. The van der Waals surface area contributed by atoms with Gasteiger partial charge in [-0.2, -0.15) is 0 Å². The summed E-state index contributed by atoms with van der Waals surface area (Å²) in [5.74, 6) is 0.692. The SMILES string of the molecule is COc1cc(OC)c(OC)cc1C=C1Oc2cc(OCC(=O)Nc3ccccc3F)ccc2C1=O. The van der Waals surface area contributed by atoms with Crippen molar-refractivity contribution in [1.82, 2.24) is 0 Å². The highest BCUT2D eigenvalue weighted by molar-refractivity contribution is 6.14. The molecule has 1 heterocycles. The van der Waals surface area contributed by atoms with Gasteiger partial charge in [-0.3, -0.25) is 9.59 Å². The van der Waals surface area contributed by atoms with E-state index in [4.69, 9.17) is 23.7 Å². The lowest BCUT2D eigenvalue weighted by molar-refractivity contribution is -0.118. The first-order chi connectivity index (χ1) is 16.9. The number of para-hydroxylation sites is 1. The lowest BCUT2D eigenvalue weighted by Gasteiger charge is -2.12. The molecule has 0 unspecified atom stereocenters. The molecular formula is C26H22FNO7. The standard InChI is InChI=1S/C26H22FNO7/c1-31-20-13-23(33-3)22(32-2)10-15(20)11-24-26(30)17-9-8-16(12-21(17)35-24)34-14-25(29)28-19-7-5-4-6-18(19)27/h4-13H,14H2,1-3H3,(H,28,29). The number of ether oxygens (including phenoxy) is 5. The molecule has 1 aliphatic heterocycles. The number of amides is 1. The van der Waals surface area contributed by atoms with Crippen molar-refractivity contribution >= 4 is 23.5 Å². The number of Topliss-reactive ketones (excluding diaryl/α,β-unsaturated/α-hetero) is 1. The fourth-order valence-electron chi connectivity index (χ4n) is 3.46. The van der Waals surface area contributed by atoms with Gasteiger partial charge in [-0.25, -0.2) is 4.39 Å². The summed E-state index contributed by atoms with van der Waals surface area (Å²) in [7, 11) is 4.52. The zero-order valence-corrected chi connectivity index (χ0v) is 19.2. The van der Waals surface area contributed by atoms with E-state index in [0.717, 1.165) is 0 Å². The van der Waals surface area contributed by atoms with Crippen molar-refractivity contribution in [1.29, 1.82) is 0 Å². The first-order valence-electron chi connectivity index (χ1n) is 10.5. The van der Waals surface area contributed by atoms with Crippen LogP contribution in [0.2, 0.25) is 0 Å². The molecule has 4 rings (SSSR count). The molecule has 0 spiro atoms. The minimum absolute atomic E-state index is 0.0596. The number of halogens is 1. The number of ketones is 1. The Hall–Kier alpha value is -4.53. The molecule has 0 fully saturated rings. The van der Waals surface area contributed by atoms with Gasteiger partial charge in [0, 0.05) is 17.7 Å². The first kappa shape index (κ1) is 23.6. The molecule has 0 radical (unpaired) electrons. The molecule has 180 valence electrons. The molecular weight excluding hydrogens is 457 g/mol. The van der Waals surface area contributed by atoms with E-state index in [-0.39, 0.29) is 29.6 Å². The Morgan fingerprint density at radius 1 is 0.971 bits per heavy atom. The lowest BCUT2D eigenvalue weighted by Crippen LogP contribution is -2.20. The third-order valence-electron chi connectivity index (χ3n) is 5.18. The van der Waals surface area contributed by atoms with Gasteiger partial charge in [-0.1, -0.05) is 12.1 Å². The van der Waals surface area contributed by atoms with Crippen LogP contribution in [-0.2, 0) is 4.79 Å². The molecule has 1 N–H and O–H groups in total. The number of hydrogen-bond donors (Lipinski definition) is 1. The van der Waals surface area contributed by atoms with Crippen LogP contribution in [0.15, 0.2) is 60.4 Å². The Morgan fingerprint density at radius 3 is 2.40 bits per heavy atom. The highest BCUT2D eigenvalue weighted by atomic mass is 19.1. The van der Waals surface area contributed by atoms with Crippen molar-refractivity contribution < 1.29 is 37.7 Å². The van der Waals surface area contributed by atoms with Crippen molar-refractivity contribution in [2.45, 2.75) is 0 Å². The Balaban J connectivity index is 1.49. The van der Waals surface area contributed by atoms with E-state index in [0.29, 0.717) is 34.1 Å². The molecule has 0 aliphatic carbocycles. The van der Waals surface area contributed by atoms with Crippen LogP contribution >= 0.6 is 0 Å². The molecule has 35 heavy (non-hydrogen) atoms. The number of carbonyl (C=O) groups excluding carboxylic acids is 2. The summed E-state index contributed by atoms with van der Waals surface area (Å²) in [6, 6.07) is 13.8. The number of fused-ring (bicyclic) bond motifs is 1. The fraction of sp³-hybridized carbons (Fsp3) is 0.154. The number of methoxy groups -OCH3 is 3. The van der Waals surface area contributed by atoms with Gasteiger partial charge in [-0.15, -0.1) is 0 Å². The van der Waals surface area contributed by atoms with Crippen molar-refractivity contribution in [2.24, 2.45) is 0 Å². The summed E-state index contributed by atoms with van der Waals surface area (Å²) in [6.45, 7) is -0.355. The van der Waals surface area contributed by atoms with Crippen LogP contribution < -0.4 is 29.0 Å². The van der Waals surface area contributed by atoms with Gasteiger partial charge in [0.1, 0.15) is 23.1 Å². The minimum atomic E-state index is -0.546. The van der Waals surface area contributed by atoms with Gasteiger partial charge in [0.05, 0.1) is 32.6 Å². The smallest absolute Gasteiger partial charge is 0.262 e. The van der Waals surface area contributed by atoms with Crippen molar-refractivity contribution in [2.75, 3.05) is 33.3 Å². The largest absolute Gasteiger partial charge is 0.496 e. The molecule has 8 nitrogen and oxygen atoms in total. The predicted molar refractivity (Wildman–Crippen MR) is 126 cm³/mol. The second kappa shape index (κ2) is 10.2. The number of rotatable bonds is 8. The molecule has 0 atom stereocenters. The summed E-state index contributed by atoms with van der Waals surface area (Å²) in [5, 5.41) is 2.44. The summed E-state index contributed by atoms with van der Waals surface area (Å²) >= 11 is 0. The van der Waals surface area contributed by atoms with Gasteiger partial charge in [0.2, 0.25) is 5.78 Å². The average molecular weight is 479 g/mol. The van der Waals surface area contributed by atoms with Gasteiger partial charge in [0.25, 0.3) is 5.91 Å². The molecule has 3 aromatic carbocycles. The molecule has 0 saturated heterocycles. The van der Waals surface area contributed by atoms with Gasteiger partial charge >= 0.3 is 0 Å². The Labute approximate surface area is 200 Å². The van der Waals surface area contributed by atoms with Crippen LogP contribution in [0.5, 0.6) is 28.7 Å². The molecule has 1 amide bonds. The quantitative estimate of drug-likeness (QED) is 0.476. The summed E-state index contributed by atoms with van der Waals surface area (Å²) < 4.78 is 41.0. The van der Waals surface area contributed by atoms with E-state index >= 15 is 0 Å². The highest BCUT2D eigenvalue weighted by Gasteiger charge is 2.28. The van der Waals surface area contributed by atoms with E-state index in [2.05, 4.69) is 5.32 Å². The number of hydrogen-bond acceptors (Lipinski definition) is 7. The number of benzene rings is 3. The zero-order valence-electron chi connectivity index (χ0n) is 19.2. The Morgan fingerprint density at radius 2 is 1.69 bits per heavy atom. The molecule has 0 saturated carbocycles. The number of carbonyl (C=O) groups is 2. The van der Waals surface area contributed by atoms with Gasteiger partial charge < -0.3 is 29.0 Å². The van der Waals surface area contributed by atoms with Crippen LogP contribution in [0.1, 0.15) is 15.9 Å². The molecule has 9 heteroatoms. The summed E-state index contributed by atoms with van der Waals surface area (Å²) in [4.78, 5) is 25.0. The Bertz CT molecular complexity index is 1320. The van der Waals surface area contributed by atoms with E-state index < -0.39 is 11.7 Å². The third kappa shape index (κ3) is 5.03. The zero-order chi connectivity index (χ0) is 24.9. The number of nitrogens with one attached hydrogen (secondary N) is 1. The number of anilines is 1. The maximum absolute atomic E-state index is 13.7.